The van der Waals surface area contributed by atoms with Gasteiger partial charge in [0.25, 0.3) is 0 Å². The van der Waals surface area contributed by atoms with Gasteiger partial charge in [-0.15, -0.1) is 49.6 Å². The van der Waals surface area contributed by atoms with Gasteiger partial charge in [-0.25, -0.2) is 0 Å². The van der Waals surface area contributed by atoms with Gasteiger partial charge in [0, 0.05) is 32.6 Å². The molecule has 150 valence electrons. The van der Waals surface area contributed by atoms with Crippen molar-refractivity contribution in [3.8, 4) is 0 Å². The maximum absolute atomic E-state index is 10.3. The molecule has 0 atom stereocenters. The third-order valence-corrected chi connectivity index (χ3v) is 3.49. The molecule has 0 amide bonds. The molecule has 0 aromatic carbocycles. The second-order valence-electron chi connectivity index (χ2n) is 5.39. The van der Waals surface area contributed by atoms with Gasteiger partial charge in [-0.1, -0.05) is 84.0 Å². The molecular weight excluding hydrogens is 484 g/mol. The number of rotatable bonds is 14. The van der Waals surface area contributed by atoms with Crippen molar-refractivity contribution in [2.24, 2.45) is 0 Å². The second kappa shape index (κ2) is 39.9. The monoisotopic (exact) mass is 520 g/mol. The Balaban J connectivity index is -0.0000000963. The van der Waals surface area contributed by atoms with Crippen LogP contribution in [0.25, 0.3) is 0 Å². The number of hydrogen-bond donors (Lipinski definition) is 1. The van der Waals surface area contributed by atoms with Crippen molar-refractivity contribution in [2.45, 2.75) is 96.8 Å². The largest absolute Gasteiger partial charge is 0.481 e. The zero-order chi connectivity index (χ0) is 13.5. The first-order valence-corrected chi connectivity index (χ1v) is 7.99. The minimum atomic E-state index is -0.655. The third-order valence-electron chi connectivity index (χ3n) is 3.49. The standard InChI is InChI=1S/C16H32O2.Al.4ClH.Zr.3H/c1-2-3-4-5-6-7-8-9-10-11-12-13-14-15-16(17)18;;;;;;;;;/h2-15H2,1H3,(H,17,18);;4*1H;;;;. The van der Waals surface area contributed by atoms with E-state index in [0.717, 1.165) is 12.8 Å². The first-order valence-electron chi connectivity index (χ1n) is 7.99. The third kappa shape index (κ3) is 44.0. The first-order chi connectivity index (χ1) is 8.77. The van der Waals surface area contributed by atoms with Crippen LogP contribution in [0.1, 0.15) is 96.8 Å². The zero-order valence-electron chi connectivity index (χ0n) is 14.4. The van der Waals surface area contributed by atoms with Crippen LogP contribution in [0.2, 0.25) is 0 Å². The van der Waals surface area contributed by atoms with E-state index in [1.165, 1.54) is 70.6 Å². The van der Waals surface area contributed by atoms with E-state index in [0.29, 0.717) is 6.42 Å². The van der Waals surface area contributed by atoms with Crippen LogP contribution in [0.4, 0.5) is 0 Å². The summed E-state index contributed by atoms with van der Waals surface area (Å²) in [7, 11) is 0. The molecule has 8 heteroatoms. The van der Waals surface area contributed by atoms with Crippen molar-refractivity contribution < 1.29 is 36.1 Å². The van der Waals surface area contributed by atoms with Gasteiger partial charge in [0.15, 0.2) is 17.4 Å². The van der Waals surface area contributed by atoms with Gasteiger partial charge in [-0.05, 0) is 6.42 Å². The van der Waals surface area contributed by atoms with Crippen LogP contribution in [0.3, 0.4) is 0 Å². The van der Waals surface area contributed by atoms with Crippen molar-refractivity contribution in [3.63, 3.8) is 0 Å². The summed E-state index contributed by atoms with van der Waals surface area (Å²) < 4.78 is 0. The SMILES string of the molecule is CCCCCCCCCCCCCCCC(=O)O.Cl.Cl.Cl.Cl.[AlH3].[Zr]. The fourth-order valence-corrected chi connectivity index (χ4v) is 2.29. The van der Waals surface area contributed by atoms with Crippen LogP contribution >= 0.6 is 49.6 Å². The van der Waals surface area contributed by atoms with Crippen molar-refractivity contribution in [1.82, 2.24) is 0 Å². The minimum Gasteiger partial charge on any atom is -0.481 e. The van der Waals surface area contributed by atoms with E-state index < -0.39 is 5.97 Å². The van der Waals surface area contributed by atoms with E-state index in [2.05, 4.69) is 6.92 Å². The molecule has 0 radical (unpaired) electrons. The van der Waals surface area contributed by atoms with Crippen LogP contribution in [0.5, 0.6) is 0 Å². The molecule has 0 fully saturated rings. The summed E-state index contributed by atoms with van der Waals surface area (Å²) in [4.78, 5) is 10.3. The van der Waals surface area contributed by atoms with Crippen LogP contribution in [-0.2, 0) is 31.0 Å². The van der Waals surface area contributed by atoms with E-state index in [9.17, 15) is 4.79 Å². The van der Waals surface area contributed by atoms with Gasteiger partial charge >= 0.3 is 5.97 Å². The van der Waals surface area contributed by atoms with E-state index in [1.54, 1.807) is 0 Å². The Hall–Kier alpha value is 2.05. The molecule has 0 aliphatic carbocycles. The molecule has 24 heavy (non-hydrogen) atoms. The number of carboxylic acids is 1. The molecule has 0 aromatic rings. The molecule has 0 saturated heterocycles. The Bertz CT molecular complexity index is 205. The Morgan fingerprint density at radius 3 is 1.12 bits per heavy atom. The maximum Gasteiger partial charge on any atom is 0.303 e. The molecule has 0 aliphatic heterocycles. The van der Waals surface area contributed by atoms with Crippen molar-refractivity contribution in [3.05, 3.63) is 0 Å². The number of carbonyl (C=O) groups is 1. The van der Waals surface area contributed by atoms with Crippen LogP contribution < -0.4 is 0 Å². The summed E-state index contributed by atoms with van der Waals surface area (Å²) in [6.07, 6.45) is 17.3. The second-order valence-corrected chi connectivity index (χ2v) is 5.39. The Kier molecular flexibility index (Phi) is 74.9. The molecule has 2 nitrogen and oxygen atoms in total. The summed E-state index contributed by atoms with van der Waals surface area (Å²) in [5, 5.41) is 8.49. The maximum atomic E-state index is 10.3. The number of aliphatic carboxylic acids is 1. The summed E-state index contributed by atoms with van der Waals surface area (Å²) in [6, 6.07) is 0. The number of unbranched alkanes of at least 4 members (excludes halogenated alkanes) is 12. The van der Waals surface area contributed by atoms with Crippen LogP contribution in [-0.4, -0.2) is 28.4 Å². The average molecular weight is 524 g/mol. The van der Waals surface area contributed by atoms with E-state index in [4.69, 9.17) is 5.11 Å². The quantitative estimate of drug-likeness (QED) is 0.222. The zero-order valence-corrected chi connectivity index (χ0v) is 20.1. The summed E-state index contributed by atoms with van der Waals surface area (Å²) in [5.74, 6) is -0.655. The van der Waals surface area contributed by atoms with Crippen LogP contribution in [0, 0.1) is 0 Å². The smallest absolute Gasteiger partial charge is 0.303 e. The molecule has 0 spiro atoms. The fraction of sp³-hybridized carbons (Fsp3) is 0.938. The van der Waals surface area contributed by atoms with Gasteiger partial charge in [-0.3, -0.25) is 4.79 Å². The van der Waals surface area contributed by atoms with Gasteiger partial charge in [0.05, 0.1) is 0 Å². The number of hydrogen-bond acceptors (Lipinski definition) is 1. The van der Waals surface area contributed by atoms with Crippen molar-refractivity contribution >= 4 is 73.0 Å². The van der Waals surface area contributed by atoms with Gasteiger partial charge in [0.1, 0.15) is 0 Å². The predicted molar refractivity (Wildman–Crippen MR) is 117 cm³/mol. The Morgan fingerprint density at radius 2 is 0.875 bits per heavy atom. The molecule has 0 aromatic heterocycles. The van der Waals surface area contributed by atoms with Gasteiger partial charge in [0.2, 0.25) is 0 Å². The minimum absolute atomic E-state index is 0. The molecule has 0 unspecified atom stereocenters. The molecule has 0 bridgehead atoms. The van der Waals surface area contributed by atoms with E-state index in [-0.39, 0.29) is 93.2 Å². The van der Waals surface area contributed by atoms with E-state index >= 15 is 0 Å². The molecular formula is C16H39AlCl4O2Zr. The molecule has 0 saturated carbocycles. The average Bonchev–Trinajstić information content (AvgIpc) is 2.34. The topological polar surface area (TPSA) is 37.3 Å². The van der Waals surface area contributed by atoms with Gasteiger partial charge < -0.3 is 5.11 Å². The molecule has 0 aliphatic rings. The van der Waals surface area contributed by atoms with E-state index in [1.807, 2.05) is 0 Å². The fourth-order valence-electron chi connectivity index (χ4n) is 2.29. The number of carboxylic acid groups (broad SMARTS) is 1. The van der Waals surface area contributed by atoms with Gasteiger partial charge in [-0.2, -0.15) is 0 Å². The molecule has 0 heterocycles. The number of halogens is 4. The van der Waals surface area contributed by atoms with Crippen molar-refractivity contribution in [2.75, 3.05) is 0 Å². The molecule has 0 rings (SSSR count). The Morgan fingerprint density at radius 1 is 0.625 bits per heavy atom. The summed E-state index contributed by atoms with van der Waals surface area (Å²) in [5.41, 5.74) is 0. The summed E-state index contributed by atoms with van der Waals surface area (Å²) in [6.45, 7) is 2.26. The summed E-state index contributed by atoms with van der Waals surface area (Å²) >= 11 is 0. The Labute approximate surface area is 204 Å². The van der Waals surface area contributed by atoms with Crippen molar-refractivity contribution in [1.29, 1.82) is 0 Å². The first kappa shape index (κ1) is 45.0. The van der Waals surface area contributed by atoms with Crippen LogP contribution in [0.15, 0.2) is 0 Å². The molecule has 1 N–H and O–H groups in total. The normalized spacial score (nSPS) is 8.04. The predicted octanol–water partition coefficient (Wildman–Crippen LogP) is 6.05.